The van der Waals surface area contributed by atoms with Gasteiger partial charge in [-0.15, -0.1) is 16.4 Å². The normalized spacial score (nSPS) is 14.6. The molecule has 20 heavy (non-hydrogen) atoms. The first-order valence-corrected chi connectivity index (χ1v) is 7.31. The van der Waals surface area contributed by atoms with Crippen molar-refractivity contribution in [3.8, 4) is 0 Å². The van der Waals surface area contributed by atoms with E-state index in [0.29, 0.717) is 26.8 Å². The van der Waals surface area contributed by atoms with Gasteiger partial charge in [0.15, 0.2) is 5.01 Å². The van der Waals surface area contributed by atoms with E-state index in [1.807, 2.05) is 20.8 Å². The second kappa shape index (κ2) is 5.05. The Balaban J connectivity index is 2.35. The van der Waals surface area contributed by atoms with Crippen LogP contribution >= 0.6 is 22.9 Å². The van der Waals surface area contributed by atoms with Crippen LogP contribution in [0.2, 0.25) is 0 Å². The maximum absolute atomic E-state index is 12.6. The fourth-order valence-corrected chi connectivity index (χ4v) is 3.37. The van der Waals surface area contributed by atoms with Crippen molar-refractivity contribution < 1.29 is 13.2 Å². The summed E-state index contributed by atoms with van der Waals surface area (Å²) in [6, 6.07) is -0.683. The molecule has 0 aliphatic heterocycles. The van der Waals surface area contributed by atoms with E-state index in [-0.39, 0.29) is 5.41 Å². The summed E-state index contributed by atoms with van der Waals surface area (Å²) in [5.41, 5.74) is 6.49. The molecule has 0 amide bonds. The van der Waals surface area contributed by atoms with Crippen molar-refractivity contribution in [1.29, 1.82) is 0 Å². The van der Waals surface area contributed by atoms with Crippen molar-refractivity contribution >= 4 is 22.9 Å². The maximum Gasteiger partial charge on any atom is 0.443 e. The molecule has 0 fully saturated rings. The van der Waals surface area contributed by atoms with E-state index in [9.17, 15) is 13.2 Å². The monoisotopic (exact) mass is 322 g/mol. The number of thiazole rings is 1. The van der Waals surface area contributed by atoms with Gasteiger partial charge in [-0.05, 0) is 11.5 Å². The van der Waals surface area contributed by atoms with Gasteiger partial charge in [0.25, 0.3) is 0 Å². The molecule has 4 nitrogen and oxygen atoms in total. The van der Waals surface area contributed by atoms with Crippen LogP contribution in [0.3, 0.4) is 0 Å². The summed E-state index contributed by atoms with van der Waals surface area (Å²) in [6.07, 6.45) is -3.27. The first kappa shape index (κ1) is 15.3. The van der Waals surface area contributed by atoms with Crippen LogP contribution in [0, 0.1) is 0 Å². The highest BCUT2D eigenvalue weighted by Crippen LogP contribution is 2.38. The number of halogens is 3. The van der Waals surface area contributed by atoms with Crippen LogP contribution in [0.25, 0.3) is 0 Å². The quantitative estimate of drug-likeness (QED) is 0.921. The highest BCUT2D eigenvalue weighted by atomic mass is 32.1. The number of alkyl halides is 3. The molecule has 1 unspecified atom stereocenters. The van der Waals surface area contributed by atoms with Gasteiger partial charge in [0.05, 0.1) is 16.6 Å². The summed E-state index contributed by atoms with van der Waals surface area (Å²) in [6.45, 7) is 5.86. The van der Waals surface area contributed by atoms with E-state index in [1.54, 1.807) is 0 Å². The smallest absolute Gasteiger partial charge is 0.319 e. The molecule has 0 aliphatic rings. The van der Waals surface area contributed by atoms with E-state index in [0.717, 1.165) is 11.5 Å². The summed E-state index contributed by atoms with van der Waals surface area (Å²) in [5.74, 6) is 0. The molecule has 0 saturated heterocycles. The summed E-state index contributed by atoms with van der Waals surface area (Å²) >= 11 is 1.66. The summed E-state index contributed by atoms with van der Waals surface area (Å²) in [5, 5.41) is 3.15. The third-order valence-electron chi connectivity index (χ3n) is 2.58. The molecule has 2 heterocycles. The highest BCUT2D eigenvalue weighted by molar-refractivity contribution is 7.12. The van der Waals surface area contributed by atoms with Crippen molar-refractivity contribution in [3.63, 3.8) is 0 Å². The van der Waals surface area contributed by atoms with E-state index in [2.05, 4.69) is 14.6 Å². The molecule has 0 saturated carbocycles. The molecular weight excluding hydrogens is 309 g/mol. The van der Waals surface area contributed by atoms with Crippen molar-refractivity contribution in [3.05, 3.63) is 26.7 Å². The SMILES string of the molecule is CC(C)(C)c1nnsc1C(N)c1cnc(C(F)(F)F)s1. The minimum absolute atomic E-state index is 0.266. The molecule has 2 N–H and O–H groups in total. The van der Waals surface area contributed by atoms with Crippen molar-refractivity contribution in [2.75, 3.05) is 0 Å². The van der Waals surface area contributed by atoms with Crippen LogP contribution in [0.15, 0.2) is 6.20 Å². The lowest BCUT2D eigenvalue weighted by molar-refractivity contribution is -0.137. The van der Waals surface area contributed by atoms with E-state index >= 15 is 0 Å². The molecule has 0 aliphatic carbocycles. The predicted octanol–water partition coefficient (Wildman–Crippen LogP) is 3.36. The van der Waals surface area contributed by atoms with Crippen LogP contribution in [-0.4, -0.2) is 14.6 Å². The van der Waals surface area contributed by atoms with Gasteiger partial charge in [-0.1, -0.05) is 25.3 Å². The minimum atomic E-state index is -4.44. The zero-order chi connectivity index (χ0) is 15.1. The zero-order valence-electron chi connectivity index (χ0n) is 11.0. The van der Waals surface area contributed by atoms with Crippen molar-refractivity contribution in [2.24, 2.45) is 5.73 Å². The lowest BCUT2D eigenvalue weighted by Gasteiger charge is -2.18. The number of hydrogen-bond donors (Lipinski definition) is 1. The molecule has 2 aromatic rings. The van der Waals surface area contributed by atoms with Gasteiger partial charge in [-0.25, -0.2) is 4.98 Å². The van der Waals surface area contributed by atoms with Crippen LogP contribution in [0.1, 0.15) is 47.3 Å². The molecule has 0 spiro atoms. The van der Waals surface area contributed by atoms with Gasteiger partial charge >= 0.3 is 6.18 Å². The fraction of sp³-hybridized carbons (Fsp3) is 0.545. The standard InChI is InChI=1S/C11H13F3N4S2/c1-10(2,3)8-7(20-18-17-8)6(15)5-4-16-9(19-5)11(12,13)14/h4,6H,15H2,1-3H3. The van der Waals surface area contributed by atoms with E-state index in [1.165, 1.54) is 6.20 Å². The molecule has 2 rings (SSSR count). The van der Waals surface area contributed by atoms with Crippen LogP contribution in [-0.2, 0) is 11.6 Å². The van der Waals surface area contributed by atoms with Crippen LogP contribution in [0.5, 0.6) is 0 Å². The molecule has 0 aromatic carbocycles. The Morgan fingerprint density at radius 3 is 2.40 bits per heavy atom. The fourth-order valence-electron chi connectivity index (χ4n) is 1.61. The zero-order valence-corrected chi connectivity index (χ0v) is 12.7. The maximum atomic E-state index is 12.6. The first-order chi connectivity index (χ1) is 9.10. The molecular formula is C11H13F3N4S2. The largest absolute Gasteiger partial charge is 0.443 e. The second-order valence-corrected chi connectivity index (χ2v) is 7.13. The minimum Gasteiger partial charge on any atom is -0.319 e. The van der Waals surface area contributed by atoms with Gasteiger partial charge in [-0.2, -0.15) is 13.2 Å². The Morgan fingerprint density at radius 1 is 1.25 bits per heavy atom. The van der Waals surface area contributed by atoms with Crippen LogP contribution < -0.4 is 5.73 Å². The van der Waals surface area contributed by atoms with Gasteiger partial charge in [0, 0.05) is 16.5 Å². The second-order valence-electron chi connectivity index (χ2n) is 5.28. The van der Waals surface area contributed by atoms with Gasteiger partial charge in [0.1, 0.15) is 0 Å². The average molecular weight is 322 g/mol. The summed E-state index contributed by atoms with van der Waals surface area (Å²) in [7, 11) is 0. The van der Waals surface area contributed by atoms with Crippen molar-refractivity contribution in [1.82, 2.24) is 14.6 Å². The van der Waals surface area contributed by atoms with Gasteiger partial charge < -0.3 is 5.73 Å². The third-order valence-corrected chi connectivity index (χ3v) is 4.51. The molecule has 1 atom stereocenters. The number of hydrogen-bond acceptors (Lipinski definition) is 6. The first-order valence-electron chi connectivity index (χ1n) is 5.72. The third kappa shape index (κ3) is 2.99. The highest BCUT2D eigenvalue weighted by Gasteiger charge is 2.36. The summed E-state index contributed by atoms with van der Waals surface area (Å²) in [4.78, 5) is 4.42. The van der Waals surface area contributed by atoms with E-state index < -0.39 is 17.2 Å². The van der Waals surface area contributed by atoms with E-state index in [4.69, 9.17) is 5.73 Å². The Morgan fingerprint density at radius 2 is 1.90 bits per heavy atom. The molecule has 0 radical (unpaired) electrons. The van der Waals surface area contributed by atoms with Crippen molar-refractivity contribution in [2.45, 2.75) is 38.4 Å². The Bertz CT molecular complexity index is 597. The Hall–Kier alpha value is -1.06. The number of aromatic nitrogens is 3. The van der Waals surface area contributed by atoms with Gasteiger partial charge in [-0.3, -0.25) is 0 Å². The number of nitrogens with two attached hydrogens (primary N) is 1. The predicted molar refractivity (Wildman–Crippen MR) is 71.8 cm³/mol. The molecule has 0 bridgehead atoms. The molecule has 2 aromatic heterocycles. The molecule has 9 heteroatoms. The molecule has 110 valence electrons. The lowest BCUT2D eigenvalue weighted by Crippen LogP contribution is -2.19. The topological polar surface area (TPSA) is 64.7 Å². The average Bonchev–Trinajstić information content (AvgIpc) is 2.95. The number of rotatable bonds is 2. The Labute approximate surface area is 122 Å². The lowest BCUT2D eigenvalue weighted by atomic mass is 9.90. The Kier molecular flexibility index (Phi) is 3.87. The number of nitrogens with zero attached hydrogens (tertiary/aromatic N) is 3. The summed E-state index contributed by atoms with van der Waals surface area (Å²) < 4.78 is 41.5. The van der Waals surface area contributed by atoms with Crippen LogP contribution in [0.4, 0.5) is 13.2 Å². The van der Waals surface area contributed by atoms with Gasteiger partial charge in [0.2, 0.25) is 0 Å².